The second-order valence-corrected chi connectivity index (χ2v) is 5.77. The van der Waals surface area contributed by atoms with Gasteiger partial charge in [0.1, 0.15) is 11.5 Å². The van der Waals surface area contributed by atoms with Crippen LogP contribution in [0.3, 0.4) is 0 Å². The first-order valence-corrected chi connectivity index (χ1v) is 8.19. The Morgan fingerprint density at radius 2 is 2.05 bits per heavy atom. The number of hydrogen-bond donors (Lipinski definition) is 1. The van der Waals surface area contributed by atoms with Crippen molar-refractivity contribution in [2.75, 3.05) is 23.9 Å². The number of nitrogens with one attached hydrogen (secondary N) is 1. The van der Waals surface area contributed by atoms with Gasteiger partial charge >= 0.3 is 0 Å². The van der Waals surface area contributed by atoms with E-state index >= 15 is 0 Å². The number of unbranched alkanes of at least 4 members (excludes halogenated alkanes) is 3. The van der Waals surface area contributed by atoms with Crippen LogP contribution in [0.15, 0.2) is 12.1 Å². The van der Waals surface area contributed by atoms with Gasteiger partial charge in [0.05, 0.1) is 16.0 Å². The van der Waals surface area contributed by atoms with E-state index in [4.69, 9.17) is 11.6 Å². The van der Waals surface area contributed by atoms with E-state index in [1.54, 1.807) is 0 Å². The van der Waals surface area contributed by atoms with Gasteiger partial charge in [0.2, 0.25) is 0 Å². The molecule has 0 aliphatic heterocycles. The van der Waals surface area contributed by atoms with Gasteiger partial charge in [-0.1, -0.05) is 24.4 Å². The van der Waals surface area contributed by atoms with Gasteiger partial charge in [-0.05, 0) is 30.9 Å². The zero-order chi connectivity index (χ0) is 15.0. The first-order chi connectivity index (χ1) is 9.56. The van der Waals surface area contributed by atoms with Crippen LogP contribution in [0, 0.1) is 15.9 Å². The Morgan fingerprint density at radius 1 is 1.35 bits per heavy atom. The molecule has 4 nitrogen and oxygen atoms in total. The maximum Gasteiger partial charge on any atom is 0.295 e. The van der Waals surface area contributed by atoms with E-state index in [9.17, 15) is 14.5 Å². The molecule has 0 aromatic heterocycles. The van der Waals surface area contributed by atoms with Crippen LogP contribution in [0.4, 0.5) is 15.8 Å². The van der Waals surface area contributed by atoms with Crippen LogP contribution < -0.4 is 5.32 Å². The van der Waals surface area contributed by atoms with Crippen LogP contribution in [0.1, 0.15) is 25.7 Å². The molecule has 1 N–H and O–H groups in total. The fraction of sp³-hybridized carbons (Fsp3) is 0.538. The van der Waals surface area contributed by atoms with Crippen LogP contribution in [-0.4, -0.2) is 23.5 Å². The van der Waals surface area contributed by atoms with E-state index in [-0.39, 0.29) is 16.4 Å². The molecule has 0 unspecified atom stereocenters. The summed E-state index contributed by atoms with van der Waals surface area (Å²) in [6.45, 7) is 0.613. The van der Waals surface area contributed by atoms with Crippen LogP contribution in [0.25, 0.3) is 0 Å². The number of nitro groups is 1. The van der Waals surface area contributed by atoms with Crippen LogP contribution in [0.5, 0.6) is 0 Å². The molecule has 7 heteroatoms. The molecule has 0 heterocycles. The van der Waals surface area contributed by atoms with Gasteiger partial charge in [-0.2, -0.15) is 11.8 Å². The lowest BCUT2D eigenvalue weighted by Crippen LogP contribution is -2.05. The lowest BCUT2D eigenvalue weighted by Gasteiger charge is -2.08. The molecule has 0 radical (unpaired) electrons. The standard InChI is InChI=1S/C13H18ClFN2O2S/c1-20-7-5-3-2-4-6-16-12-8-10(14)11(15)9-13(12)17(18)19/h8-9,16H,2-7H2,1H3. The Morgan fingerprint density at radius 3 is 2.70 bits per heavy atom. The van der Waals surface area contributed by atoms with Crippen molar-refractivity contribution in [3.05, 3.63) is 33.1 Å². The third kappa shape index (κ3) is 5.54. The third-order valence-corrected chi connectivity index (χ3v) is 3.81. The van der Waals surface area contributed by atoms with Crippen LogP contribution in [0.2, 0.25) is 5.02 Å². The predicted octanol–water partition coefficient (Wildman–Crippen LogP) is 4.72. The molecule has 0 atom stereocenters. The molecule has 0 amide bonds. The SMILES string of the molecule is CSCCCCCCNc1cc(Cl)c(F)cc1[N+](=O)[O-]. The van der Waals surface area contributed by atoms with E-state index in [0.717, 1.165) is 31.1 Å². The van der Waals surface area contributed by atoms with Gasteiger partial charge in [-0.3, -0.25) is 10.1 Å². The molecule has 1 rings (SSSR count). The van der Waals surface area contributed by atoms with Crippen molar-refractivity contribution < 1.29 is 9.31 Å². The van der Waals surface area contributed by atoms with E-state index in [1.165, 1.54) is 12.5 Å². The lowest BCUT2D eigenvalue weighted by molar-refractivity contribution is -0.384. The molecule has 0 aliphatic rings. The van der Waals surface area contributed by atoms with E-state index in [0.29, 0.717) is 6.54 Å². The van der Waals surface area contributed by atoms with E-state index in [2.05, 4.69) is 11.6 Å². The Kier molecular flexibility index (Phi) is 7.69. The van der Waals surface area contributed by atoms with Gasteiger partial charge in [-0.15, -0.1) is 0 Å². The van der Waals surface area contributed by atoms with Crippen molar-refractivity contribution in [3.63, 3.8) is 0 Å². The van der Waals surface area contributed by atoms with E-state index in [1.807, 2.05) is 11.8 Å². The smallest absolute Gasteiger partial charge is 0.295 e. The number of benzene rings is 1. The van der Waals surface area contributed by atoms with Crippen molar-refractivity contribution >= 4 is 34.7 Å². The zero-order valence-corrected chi connectivity index (χ0v) is 12.9. The van der Waals surface area contributed by atoms with E-state index < -0.39 is 10.7 Å². The highest BCUT2D eigenvalue weighted by Crippen LogP contribution is 2.30. The van der Waals surface area contributed by atoms with Crippen molar-refractivity contribution in [2.45, 2.75) is 25.7 Å². The summed E-state index contributed by atoms with van der Waals surface area (Å²) in [6.07, 6.45) is 6.40. The number of nitrogens with zero attached hydrogens (tertiary/aromatic N) is 1. The molecule has 0 saturated heterocycles. The summed E-state index contributed by atoms with van der Waals surface area (Å²) in [5.41, 5.74) is -0.0141. The third-order valence-electron chi connectivity index (χ3n) is 2.83. The number of rotatable bonds is 9. The minimum atomic E-state index is -0.777. The average molecular weight is 321 g/mol. The van der Waals surface area contributed by atoms with Crippen molar-refractivity contribution in [1.82, 2.24) is 0 Å². The molecule has 1 aromatic carbocycles. The molecule has 20 heavy (non-hydrogen) atoms. The molecular weight excluding hydrogens is 303 g/mol. The van der Waals surface area contributed by atoms with Crippen molar-refractivity contribution in [2.24, 2.45) is 0 Å². The second kappa shape index (κ2) is 9.02. The minimum absolute atomic E-state index is 0.113. The van der Waals surface area contributed by atoms with Crippen molar-refractivity contribution in [3.8, 4) is 0 Å². The highest BCUT2D eigenvalue weighted by molar-refractivity contribution is 7.98. The fourth-order valence-corrected chi connectivity index (χ4v) is 2.43. The molecule has 112 valence electrons. The lowest BCUT2D eigenvalue weighted by atomic mass is 10.2. The fourth-order valence-electron chi connectivity index (χ4n) is 1.78. The van der Waals surface area contributed by atoms with Crippen LogP contribution >= 0.6 is 23.4 Å². The quantitative estimate of drug-likeness (QED) is 0.406. The average Bonchev–Trinajstić information content (AvgIpc) is 2.41. The largest absolute Gasteiger partial charge is 0.379 e. The van der Waals surface area contributed by atoms with Gasteiger partial charge < -0.3 is 5.32 Å². The topological polar surface area (TPSA) is 55.2 Å². The molecular formula is C13H18ClFN2O2S. The maximum absolute atomic E-state index is 13.2. The Balaban J connectivity index is 2.47. The van der Waals surface area contributed by atoms with Gasteiger partial charge in [-0.25, -0.2) is 4.39 Å². The Hall–Kier alpha value is -1.01. The van der Waals surface area contributed by atoms with Crippen molar-refractivity contribution in [1.29, 1.82) is 0 Å². The first kappa shape index (κ1) is 17.0. The Labute approximate surface area is 127 Å². The summed E-state index contributed by atoms with van der Waals surface area (Å²) in [6, 6.07) is 2.12. The summed E-state index contributed by atoms with van der Waals surface area (Å²) in [5.74, 6) is 0.382. The molecule has 0 bridgehead atoms. The molecule has 1 aromatic rings. The second-order valence-electron chi connectivity index (χ2n) is 4.37. The zero-order valence-electron chi connectivity index (χ0n) is 11.3. The van der Waals surface area contributed by atoms with Gasteiger partial charge in [0, 0.05) is 6.54 Å². The summed E-state index contributed by atoms with van der Waals surface area (Å²) in [4.78, 5) is 10.2. The first-order valence-electron chi connectivity index (χ1n) is 6.42. The molecule has 0 saturated carbocycles. The number of anilines is 1. The normalized spacial score (nSPS) is 10.6. The summed E-state index contributed by atoms with van der Waals surface area (Å²) in [5, 5.41) is 13.7. The molecule has 0 aliphatic carbocycles. The number of thioether (sulfide) groups is 1. The highest BCUT2D eigenvalue weighted by atomic mass is 35.5. The predicted molar refractivity (Wildman–Crippen MR) is 83.4 cm³/mol. The summed E-state index contributed by atoms with van der Waals surface area (Å²) < 4.78 is 13.2. The summed E-state index contributed by atoms with van der Waals surface area (Å²) in [7, 11) is 0. The molecule has 0 spiro atoms. The number of halogens is 2. The monoisotopic (exact) mass is 320 g/mol. The van der Waals surface area contributed by atoms with Gasteiger partial charge in [0.15, 0.2) is 0 Å². The highest BCUT2D eigenvalue weighted by Gasteiger charge is 2.17. The Bertz CT molecular complexity index is 460. The maximum atomic E-state index is 13.2. The van der Waals surface area contributed by atoms with Crippen LogP contribution in [-0.2, 0) is 0 Å². The van der Waals surface area contributed by atoms with Gasteiger partial charge in [0.25, 0.3) is 5.69 Å². The summed E-state index contributed by atoms with van der Waals surface area (Å²) >= 11 is 7.48. The molecule has 0 fully saturated rings. The number of hydrogen-bond acceptors (Lipinski definition) is 4. The minimum Gasteiger partial charge on any atom is -0.379 e. The number of nitro benzene ring substituents is 1.